The first-order valence-corrected chi connectivity index (χ1v) is 5.89. The normalized spacial score (nSPS) is 11.3. The van der Waals surface area contributed by atoms with Crippen LogP contribution in [0, 0.1) is 13.8 Å². The lowest BCUT2D eigenvalue weighted by Gasteiger charge is -2.06. The van der Waals surface area contributed by atoms with Gasteiger partial charge in [0.25, 0.3) is 0 Å². The summed E-state index contributed by atoms with van der Waals surface area (Å²) in [5.74, 6) is 1.03. The maximum atomic E-state index is 5.89. The number of aromatic nitrogens is 5. The number of pyridine rings is 1. The lowest BCUT2D eigenvalue weighted by molar-refractivity contribution is 0.768. The van der Waals surface area contributed by atoms with Crippen LogP contribution in [0.15, 0.2) is 12.3 Å². The molecule has 3 rings (SSSR count). The standard InChI is InChI=1S/C12H15N7/c1-6-4-9(19-11(14)8(13)5-15-19)16-12-10(6)7(2)17-18(12)3/h4-5H,13-14H2,1-3H3. The van der Waals surface area contributed by atoms with E-state index in [1.165, 1.54) is 10.9 Å². The molecule has 0 spiro atoms. The van der Waals surface area contributed by atoms with Gasteiger partial charge < -0.3 is 11.5 Å². The van der Waals surface area contributed by atoms with E-state index in [0.717, 1.165) is 22.3 Å². The van der Waals surface area contributed by atoms with Crippen molar-refractivity contribution in [1.29, 1.82) is 0 Å². The molecule has 98 valence electrons. The van der Waals surface area contributed by atoms with Crippen molar-refractivity contribution in [2.24, 2.45) is 7.05 Å². The highest BCUT2D eigenvalue weighted by Crippen LogP contribution is 2.24. The number of fused-ring (bicyclic) bond motifs is 1. The molecular weight excluding hydrogens is 242 g/mol. The Morgan fingerprint density at radius 3 is 2.58 bits per heavy atom. The van der Waals surface area contributed by atoms with Crippen molar-refractivity contribution in [1.82, 2.24) is 24.5 Å². The smallest absolute Gasteiger partial charge is 0.160 e. The summed E-state index contributed by atoms with van der Waals surface area (Å²) >= 11 is 0. The summed E-state index contributed by atoms with van der Waals surface area (Å²) < 4.78 is 3.29. The Balaban J connectivity index is 2.32. The predicted octanol–water partition coefficient (Wildman–Crippen LogP) is 0.935. The quantitative estimate of drug-likeness (QED) is 0.675. The summed E-state index contributed by atoms with van der Waals surface area (Å²) in [6.07, 6.45) is 1.52. The molecule has 0 bridgehead atoms. The van der Waals surface area contributed by atoms with Crippen molar-refractivity contribution >= 4 is 22.5 Å². The highest BCUT2D eigenvalue weighted by molar-refractivity contribution is 5.83. The molecule has 0 saturated carbocycles. The lowest BCUT2D eigenvalue weighted by atomic mass is 10.1. The Morgan fingerprint density at radius 1 is 1.21 bits per heavy atom. The van der Waals surface area contributed by atoms with Gasteiger partial charge in [0.2, 0.25) is 0 Å². The van der Waals surface area contributed by atoms with Crippen LogP contribution in [-0.2, 0) is 7.05 Å². The van der Waals surface area contributed by atoms with Crippen molar-refractivity contribution in [2.45, 2.75) is 13.8 Å². The van der Waals surface area contributed by atoms with Crippen LogP contribution in [0.4, 0.5) is 11.5 Å². The number of hydrogen-bond acceptors (Lipinski definition) is 5. The number of nitrogens with two attached hydrogens (primary N) is 2. The molecule has 4 N–H and O–H groups in total. The molecule has 7 heteroatoms. The topological polar surface area (TPSA) is 101 Å². The summed E-state index contributed by atoms with van der Waals surface area (Å²) in [6.45, 7) is 3.99. The highest BCUT2D eigenvalue weighted by atomic mass is 15.4. The zero-order valence-electron chi connectivity index (χ0n) is 11.0. The first-order chi connectivity index (χ1) is 8.99. The fraction of sp³-hybridized carbons (Fsp3) is 0.250. The van der Waals surface area contributed by atoms with Gasteiger partial charge in [0.15, 0.2) is 17.3 Å². The summed E-state index contributed by atoms with van der Waals surface area (Å²) in [5.41, 5.74) is 14.9. The van der Waals surface area contributed by atoms with Crippen LogP contribution < -0.4 is 11.5 Å². The predicted molar refractivity (Wildman–Crippen MR) is 73.9 cm³/mol. The van der Waals surface area contributed by atoms with E-state index in [2.05, 4.69) is 15.2 Å². The van der Waals surface area contributed by atoms with Gasteiger partial charge in [-0.3, -0.25) is 4.68 Å². The molecular formula is C12H15N7. The first kappa shape index (κ1) is 11.5. The van der Waals surface area contributed by atoms with Gasteiger partial charge >= 0.3 is 0 Å². The van der Waals surface area contributed by atoms with Gasteiger partial charge in [0, 0.05) is 12.4 Å². The molecule has 3 aromatic rings. The third kappa shape index (κ3) is 1.55. The molecule has 0 radical (unpaired) electrons. The Bertz CT molecular complexity index is 781. The molecule has 0 fully saturated rings. The van der Waals surface area contributed by atoms with E-state index in [9.17, 15) is 0 Å². The second-order valence-corrected chi connectivity index (χ2v) is 4.60. The Hall–Kier alpha value is -2.57. The van der Waals surface area contributed by atoms with Crippen LogP contribution in [0.5, 0.6) is 0 Å². The zero-order valence-corrected chi connectivity index (χ0v) is 11.0. The molecule has 19 heavy (non-hydrogen) atoms. The van der Waals surface area contributed by atoms with Crippen LogP contribution in [0.25, 0.3) is 16.9 Å². The van der Waals surface area contributed by atoms with Crippen molar-refractivity contribution in [3.63, 3.8) is 0 Å². The van der Waals surface area contributed by atoms with Gasteiger partial charge in [-0.2, -0.15) is 14.9 Å². The maximum absolute atomic E-state index is 5.89. The number of hydrogen-bond donors (Lipinski definition) is 2. The van der Waals surface area contributed by atoms with Gasteiger partial charge in [-0.05, 0) is 25.5 Å². The van der Waals surface area contributed by atoms with Crippen molar-refractivity contribution in [3.8, 4) is 5.82 Å². The number of nitrogens with zero attached hydrogens (tertiary/aromatic N) is 5. The van der Waals surface area contributed by atoms with E-state index < -0.39 is 0 Å². The van der Waals surface area contributed by atoms with Gasteiger partial charge in [-0.1, -0.05) is 0 Å². The molecule has 3 aromatic heterocycles. The third-order valence-electron chi connectivity index (χ3n) is 3.21. The van der Waals surface area contributed by atoms with Gasteiger partial charge in [-0.25, -0.2) is 4.98 Å². The average molecular weight is 257 g/mol. The molecule has 0 aromatic carbocycles. The largest absolute Gasteiger partial charge is 0.394 e. The Kier molecular flexibility index (Phi) is 2.25. The van der Waals surface area contributed by atoms with E-state index in [0.29, 0.717) is 17.3 Å². The molecule has 0 amide bonds. The lowest BCUT2D eigenvalue weighted by Crippen LogP contribution is -2.06. The van der Waals surface area contributed by atoms with E-state index in [4.69, 9.17) is 11.5 Å². The fourth-order valence-electron chi connectivity index (χ4n) is 2.30. The van der Waals surface area contributed by atoms with Crippen LogP contribution in [0.2, 0.25) is 0 Å². The van der Waals surface area contributed by atoms with Crippen LogP contribution in [-0.4, -0.2) is 24.5 Å². The zero-order chi connectivity index (χ0) is 13.7. The Morgan fingerprint density at radius 2 is 1.95 bits per heavy atom. The van der Waals surface area contributed by atoms with Crippen molar-refractivity contribution in [3.05, 3.63) is 23.5 Å². The molecule has 0 aliphatic heterocycles. The van der Waals surface area contributed by atoms with Crippen LogP contribution >= 0.6 is 0 Å². The summed E-state index contributed by atoms with van der Waals surface area (Å²) in [6, 6.07) is 1.93. The van der Waals surface area contributed by atoms with Gasteiger partial charge in [-0.15, -0.1) is 0 Å². The molecule has 0 atom stereocenters. The fourth-order valence-corrected chi connectivity index (χ4v) is 2.30. The molecule has 0 saturated heterocycles. The number of anilines is 2. The van der Waals surface area contributed by atoms with E-state index in [1.807, 2.05) is 27.0 Å². The summed E-state index contributed by atoms with van der Waals surface area (Å²) in [4.78, 5) is 4.57. The maximum Gasteiger partial charge on any atom is 0.160 e. The van der Waals surface area contributed by atoms with Gasteiger partial charge in [0.1, 0.15) is 0 Å². The third-order valence-corrected chi connectivity index (χ3v) is 3.21. The first-order valence-electron chi connectivity index (χ1n) is 5.89. The highest BCUT2D eigenvalue weighted by Gasteiger charge is 2.14. The second-order valence-electron chi connectivity index (χ2n) is 4.60. The van der Waals surface area contributed by atoms with Crippen molar-refractivity contribution < 1.29 is 0 Å². The minimum Gasteiger partial charge on any atom is -0.394 e. The SMILES string of the molecule is Cc1cc(-n2ncc(N)c2N)nc2c1c(C)nn2C. The molecule has 3 heterocycles. The van der Waals surface area contributed by atoms with E-state index >= 15 is 0 Å². The average Bonchev–Trinajstić information content (AvgIpc) is 2.82. The van der Waals surface area contributed by atoms with Crippen LogP contribution in [0.1, 0.15) is 11.3 Å². The van der Waals surface area contributed by atoms with E-state index in [-0.39, 0.29) is 0 Å². The summed E-state index contributed by atoms with van der Waals surface area (Å²) in [7, 11) is 1.87. The number of rotatable bonds is 1. The van der Waals surface area contributed by atoms with Crippen molar-refractivity contribution in [2.75, 3.05) is 11.5 Å². The van der Waals surface area contributed by atoms with E-state index in [1.54, 1.807) is 4.68 Å². The Labute approximate surface area is 109 Å². The molecule has 0 aliphatic rings. The minimum absolute atomic E-state index is 0.394. The van der Waals surface area contributed by atoms with Gasteiger partial charge in [0.05, 0.1) is 17.6 Å². The number of nitrogen functional groups attached to an aromatic ring is 2. The monoisotopic (exact) mass is 257 g/mol. The molecule has 7 nitrogen and oxygen atoms in total. The number of aryl methyl sites for hydroxylation is 3. The molecule has 0 aliphatic carbocycles. The second kappa shape index (κ2) is 3.71. The molecule has 0 unspecified atom stereocenters. The summed E-state index contributed by atoms with van der Waals surface area (Å²) in [5, 5.41) is 9.59. The minimum atomic E-state index is 0.394. The van der Waals surface area contributed by atoms with Crippen LogP contribution in [0.3, 0.4) is 0 Å².